The lowest BCUT2D eigenvalue weighted by molar-refractivity contribution is 0.0526. The Kier molecular flexibility index (Phi) is 4.51. The molecule has 3 aromatic carbocycles. The molecular weight excluding hydrogens is 334 g/mol. The van der Waals surface area contributed by atoms with E-state index in [0.29, 0.717) is 12.2 Å². The Balaban J connectivity index is 1.92. The number of para-hydroxylation sites is 1. The van der Waals surface area contributed by atoms with Crippen LogP contribution in [0.25, 0.3) is 33.3 Å². The number of hydrogen-bond acceptors (Lipinski definition) is 2. The zero-order valence-corrected chi connectivity index (χ0v) is 15.5. The van der Waals surface area contributed by atoms with Gasteiger partial charge in [0.2, 0.25) is 0 Å². The zero-order valence-electron chi connectivity index (χ0n) is 15.5. The van der Waals surface area contributed by atoms with Gasteiger partial charge in [-0.3, -0.25) is 0 Å². The zero-order chi connectivity index (χ0) is 18.8. The highest BCUT2D eigenvalue weighted by molar-refractivity contribution is 6.04. The van der Waals surface area contributed by atoms with E-state index in [-0.39, 0.29) is 5.97 Å². The summed E-state index contributed by atoms with van der Waals surface area (Å²) in [6.45, 7) is 2.19. The van der Waals surface area contributed by atoms with Gasteiger partial charge in [0.05, 0.1) is 17.9 Å². The van der Waals surface area contributed by atoms with Gasteiger partial charge >= 0.3 is 5.97 Å². The summed E-state index contributed by atoms with van der Waals surface area (Å²) in [4.78, 5) is 12.0. The van der Waals surface area contributed by atoms with Gasteiger partial charge in [-0.1, -0.05) is 60.7 Å². The first kappa shape index (κ1) is 17.1. The highest BCUT2D eigenvalue weighted by Gasteiger charge is 2.18. The van der Waals surface area contributed by atoms with Crippen LogP contribution < -0.4 is 0 Å². The van der Waals surface area contributed by atoms with Gasteiger partial charge in [-0.05, 0) is 36.2 Å². The predicted octanol–water partition coefficient (Wildman–Crippen LogP) is 5.69. The molecule has 0 aliphatic rings. The van der Waals surface area contributed by atoms with Crippen molar-refractivity contribution >= 4 is 16.9 Å². The fraction of sp³-hybridized carbons (Fsp3) is 0.125. The minimum Gasteiger partial charge on any atom is -0.462 e. The average Bonchev–Trinajstić information content (AvgIpc) is 3.02. The van der Waals surface area contributed by atoms with Crippen LogP contribution in [0, 0.1) is 0 Å². The van der Waals surface area contributed by atoms with Crippen LogP contribution in [0.2, 0.25) is 0 Å². The van der Waals surface area contributed by atoms with Gasteiger partial charge in [-0.15, -0.1) is 0 Å². The van der Waals surface area contributed by atoms with Gasteiger partial charge < -0.3 is 9.30 Å². The lowest BCUT2D eigenvalue weighted by Gasteiger charge is -2.09. The second kappa shape index (κ2) is 7.12. The van der Waals surface area contributed by atoms with Crippen molar-refractivity contribution in [3.63, 3.8) is 0 Å². The van der Waals surface area contributed by atoms with E-state index in [1.807, 2.05) is 37.3 Å². The molecule has 4 rings (SSSR count). The first-order valence-corrected chi connectivity index (χ1v) is 9.11. The van der Waals surface area contributed by atoms with Crippen molar-refractivity contribution in [1.29, 1.82) is 0 Å². The van der Waals surface area contributed by atoms with Crippen molar-refractivity contribution in [2.45, 2.75) is 6.92 Å². The van der Waals surface area contributed by atoms with Crippen LogP contribution in [-0.2, 0) is 11.8 Å². The Hall–Kier alpha value is -3.33. The van der Waals surface area contributed by atoms with Crippen molar-refractivity contribution in [1.82, 2.24) is 4.57 Å². The molecular formula is C24H21NO2. The molecule has 134 valence electrons. The fourth-order valence-electron chi connectivity index (χ4n) is 3.61. The van der Waals surface area contributed by atoms with Crippen molar-refractivity contribution < 1.29 is 9.53 Å². The first-order chi connectivity index (χ1) is 13.2. The standard InChI is InChI=1S/C24H21NO2/c1-3-27-24(26)19-15-13-17(14-16-19)22-20-11-7-8-12-21(20)25(2)23(22)18-9-5-4-6-10-18/h4-16H,3H2,1-2H3. The van der Waals surface area contributed by atoms with E-state index in [9.17, 15) is 4.79 Å². The molecule has 0 bridgehead atoms. The Labute approximate surface area is 158 Å². The van der Waals surface area contributed by atoms with E-state index in [4.69, 9.17) is 4.74 Å². The molecule has 1 heterocycles. The van der Waals surface area contributed by atoms with E-state index < -0.39 is 0 Å². The van der Waals surface area contributed by atoms with Gasteiger partial charge in [0, 0.05) is 23.5 Å². The Bertz CT molecular complexity index is 1090. The van der Waals surface area contributed by atoms with Crippen LogP contribution >= 0.6 is 0 Å². The van der Waals surface area contributed by atoms with Gasteiger partial charge in [0.25, 0.3) is 0 Å². The fourth-order valence-corrected chi connectivity index (χ4v) is 3.61. The smallest absolute Gasteiger partial charge is 0.338 e. The molecule has 0 amide bonds. The molecule has 0 N–H and O–H groups in total. The van der Waals surface area contributed by atoms with Crippen LogP contribution in [-0.4, -0.2) is 17.1 Å². The van der Waals surface area contributed by atoms with Crippen LogP contribution in [0.15, 0.2) is 78.9 Å². The Morgan fingerprint density at radius 2 is 1.52 bits per heavy atom. The quantitative estimate of drug-likeness (QED) is 0.440. The van der Waals surface area contributed by atoms with Crippen LogP contribution in [0.3, 0.4) is 0 Å². The minimum atomic E-state index is -0.287. The predicted molar refractivity (Wildman–Crippen MR) is 110 cm³/mol. The molecule has 0 saturated carbocycles. The average molecular weight is 355 g/mol. The number of aromatic nitrogens is 1. The van der Waals surface area contributed by atoms with Gasteiger partial charge in [0.15, 0.2) is 0 Å². The molecule has 27 heavy (non-hydrogen) atoms. The van der Waals surface area contributed by atoms with Crippen LogP contribution in [0.1, 0.15) is 17.3 Å². The second-order valence-electron chi connectivity index (χ2n) is 6.46. The maximum absolute atomic E-state index is 12.0. The third-order valence-corrected chi connectivity index (χ3v) is 4.84. The summed E-state index contributed by atoms with van der Waals surface area (Å²) in [5.74, 6) is -0.287. The molecule has 0 radical (unpaired) electrons. The largest absolute Gasteiger partial charge is 0.462 e. The number of hydrogen-bond donors (Lipinski definition) is 0. The van der Waals surface area contributed by atoms with E-state index in [2.05, 4.69) is 60.1 Å². The Morgan fingerprint density at radius 1 is 0.852 bits per heavy atom. The lowest BCUT2D eigenvalue weighted by atomic mass is 9.97. The van der Waals surface area contributed by atoms with E-state index in [1.54, 1.807) is 0 Å². The number of esters is 1. The normalized spacial score (nSPS) is 10.9. The summed E-state index contributed by atoms with van der Waals surface area (Å²) < 4.78 is 7.33. The number of nitrogens with zero attached hydrogens (tertiary/aromatic N) is 1. The molecule has 0 atom stereocenters. The summed E-state index contributed by atoms with van der Waals surface area (Å²) in [7, 11) is 2.10. The third kappa shape index (κ3) is 3.02. The number of rotatable bonds is 4. The van der Waals surface area contributed by atoms with E-state index in [1.165, 1.54) is 27.7 Å². The summed E-state index contributed by atoms with van der Waals surface area (Å²) in [6.07, 6.45) is 0. The number of fused-ring (bicyclic) bond motifs is 1. The van der Waals surface area contributed by atoms with Gasteiger partial charge in [0.1, 0.15) is 0 Å². The van der Waals surface area contributed by atoms with Crippen molar-refractivity contribution in [2.24, 2.45) is 7.05 Å². The Morgan fingerprint density at radius 3 is 2.22 bits per heavy atom. The topological polar surface area (TPSA) is 31.2 Å². The molecule has 0 saturated heterocycles. The molecule has 0 spiro atoms. The minimum absolute atomic E-state index is 0.287. The van der Waals surface area contributed by atoms with Crippen molar-refractivity contribution in [3.8, 4) is 22.4 Å². The number of ether oxygens (including phenoxy) is 1. The molecule has 0 aliphatic heterocycles. The summed E-state index contributed by atoms with van der Waals surface area (Å²) in [5.41, 5.74) is 6.35. The number of carbonyl (C=O) groups excluding carboxylic acids is 1. The highest BCUT2D eigenvalue weighted by Crippen LogP contribution is 2.40. The van der Waals surface area contributed by atoms with Crippen molar-refractivity contribution in [2.75, 3.05) is 6.61 Å². The first-order valence-electron chi connectivity index (χ1n) is 9.11. The summed E-state index contributed by atoms with van der Waals surface area (Å²) in [6, 6.07) is 26.5. The highest BCUT2D eigenvalue weighted by atomic mass is 16.5. The second-order valence-corrected chi connectivity index (χ2v) is 6.46. The van der Waals surface area contributed by atoms with E-state index in [0.717, 1.165) is 5.56 Å². The third-order valence-electron chi connectivity index (χ3n) is 4.84. The molecule has 4 aromatic rings. The monoisotopic (exact) mass is 355 g/mol. The summed E-state index contributed by atoms with van der Waals surface area (Å²) >= 11 is 0. The number of benzene rings is 3. The molecule has 3 nitrogen and oxygen atoms in total. The van der Waals surface area contributed by atoms with Crippen LogP contribution in [0.4, 0.5) is 0 Å². The van der Waals surface area contributed by atoms with E-state index >= 15 is 0 Å². The molecule has 0 aliphatic carbocycles. The maximum atomic E-state index is 12.0. The number of carbonyl (C=O) groups is 1. The molecule has 0 unspecified atom stereocenters. The molecule has 0 fully saturated rings. The van der Waals surface area contributed by atoms with Crippen molar-refractivity contribution in [3.05, 3.63) is 84.4 Å². The summed E-state index contributed by atoms with van der Waals surface area (Å²) in [5, 5.41) is 1.20. The maximum Gasteiger partial charge on any atom is 0.338 e. The SMILES string of the molecule is CCOC(=O)c1ccc(-c2c(-c3ccccc3)n(C)c3ccccc23)cc1. The van der Waals surface area contributed by atoms with Crippen LogP contribution in [0.5, 0.6) is 0 Å². The number of aryl methyl sites for hydroxylation is 1. The van der Waals surface area contributed by atoms with Gasteiger partial charge in [-0.2, -0.15) is 0 Å². The lowest BCUT2D eigenvalue weighted by Crippen LogP contribution is -2.04. The molecule has 1 aromatic heterocycles. The van der Waals surface area contributed by atoms with Gasteiger partial charge in [-0.25, -0.2) is 4.79 Å². The molecule has 3 heteroatoms.